The molecule has 0 aliphatic carbocycles. The predicted molar refractivity (Wildman–Crippen MR) is 91.0 cm³/mol. The normalized spacial score (nSPS) is 10.5. The molecule has 2 heterocycles. The van der Waals surface area contributed by atoms with Crippen LogP contribution in [0.1, 0.15) is 11.1 Å². The number of aromatic nitrogens is 1. The Hall–Kier alpha value is -2.53. The molecule has 23 heavy (non-hydrogen) atoms. The van der Waals surface area contributed by atoms with Gasteiger partial charge in [0.15, 0.2) is 0 Å². The van der Waals surface area contributed by atoms with E-state index >= 15 is 0 Å². The van der Waals surface area contributed by atoms with E-state index in [1.54, 1.807) is 6.07 Å². The molecule has 0 aliphatic heterocycles. The highest BCUT2D eigenvalue weighted by Crippen LogP contribution is 2.29. The number of hydrogen-bond acceptors (Lipinski definition) is 3. The van der Waals surface area contributed by atoms with Gasteiger partial charge in [0, 0.05) is 17.6 Å². The number of aryl methyl sites for hydroxylation is 1. The first-order valence-corrected chi connectivity index (χ1v) is 8.04. The minimum atomic E-state index is -0.515. The molecule has 0 radical (unpaired) electrons. The first kappa shape index (κ1) is 15.4. The molecule has 3 aromatic rings. The fourth-order valence-electron chi connectivity index (χ4n) is 2.32. The standard InChI is InChI=1S/C18H15FN2OS/c1-12-3-2-4-13(7-12)8-17(22)21-18-10-15(11-23-18)14-5-6-20-16(19)9-14/h2-7,9-11H,8H2,1H3,(H,21,22). The molecule has 2 aromatic heterocycles. The first-order chi connectivity index (χ1) is 11.1. The Balaban J connectivity index is 1.68. The third-order valence-electron chi connectivity index (χ3n) is 3.37. The van der Waals surface area contributed by atoms with Crippen LogP contribution in [0.3, 0.4) is 0 Å². The van der Waals surface area contributed by atoms with Gasteiger partial charge in [0.2, 0.25) is 11.9 Å². The molecular formula is C18H15FN2OS. The van der Waals surface area contributed by atoms with Crippen molar-refractivity contribution in [3.8, 4) is 11.1 Å². The number of anilines is 1. The minimum Gasteiger partial charge on any atom is -0.317 e. The number of nitrogens with zero attached hydrogens (tertiary/aromatic N) is 1. The zero-order chi connectivity index (χ0) is 16.2. The van der Waals surface area contributed by atoms with Crippen molar-refractivity contribution in [2.45, 2.75) is 13.3 Å². The summed E-state index contributed by atoms with van der Waals surface area (Å²) < 4.78 is 13.2. The second-order valence-electron chi connectivity index (χ2n) is 5.28. The Morgan fingerprint density at radius 2 is 2.09 bits per heavy atom. The lowest BCUT2D eigenvalue weighted by Crippen LogP contribution is -2.13. The fourth-order valence-corrected chi connectivity index (χ4v) is 3.15. The van der Waals surface area contributed by atoms with Crippen LogP contribution < -0.4 is 5.32 Å². The largest absolute Gasteiger partial charge is 0.317 e. The Bertz CT molecular complexity index is 844. The number of benzene rings is 1. The fraction of sp³-hybridized carbons (Fsp3) is 0.111. The van der Waals surface area contributed by atoms with Crippen molar-refractivity contribution in [2.75, 3.05) is 5.32 Å². The third-order valence-corrected chi connectivity index (χ3v) is 4.21. The summed E-state index contributed by atoms with van der Waals surface area (Å²) in [4.78, 5) is 15.7. The zero-order valence-electron chi connectivity index (χ0n) is 12.5. The third kappa shape index (κ3) is 4.02. The van der Waals surface area contributed by atoms with Crippen LogP contribution in [0, 0.1) is 12.9 Å². The van der Waals surface area contributed by atoms with Crippen molar-refractivity contribution in [1.29, 1.82) is 0 Å². The van der Waals surface area contributed by atoms with Gasteiger partial charge in [-0.15, -0.1) is 11.3 Å². The summed E-state index contributed by atoms with van der Waals surface area (Å²) in [7, 11) is 0. The van der Waals surface area contributed by atoms with Crippen molar-refractivity contribution in [3.05, 3.63) is 71.1 Å². The zero-order valence-corrected chi connectivity index (χ0v) is 13.4. The second-order valence-corrected chi connectivity index (χ2v) is 6.19. The topological polar surface area (TPSA) is 42.0 Å². The van der Waals surface area contributed by atoms with Crippen LogP contribution in [0.2, 0.25) is 0 Å². The molecule has 1 aromatic carbocycles. The van der Waals surface area contributed by atoms with Crippen molar-refractivity contribution in [2.24, 2.45) is 0 Å². The van der Waals surface area contributed by atoms with E-state index in [2.05, 4.69) is 10.3 Å². The molecule has 3 rings (SSSR count). The number of hydrogen-bond donors (Lipinski definition) is 1. The molecule has 0 unspecified atom stereocenters. The van der Waals surface area contributed by atoms with Crippen molar-refractivity contribution < 1.29 is 9.18 Å². The maximum atomic E-state index is 13.2. The highest BCUT2D eigenvalue weighted by Gasteiger charge is 2.08. The lowest BCUT2D eigenvalue weighted by atomic mass is 10.1. The van der Waals surface area contributed by atoms with Crippen molar-refractivity contribution in [1.82, 2.24) is 4.98 Å². The highest BCUT2D eigenvalue weighted by molar-refractivity contribution is 7.14. The van der Waals surface area contributed by atoms with Gasteiger partial charge >= 0.3 is 0 Å². The van der Waals surface area contributed by atoms with E-state index in [1.807, 2.05) is 42.6 Å². The second kappa shape index (κ2) is 6.71. The number of pyridine rings is 1. The number of rotatable bonds is 4. The lowest BCUT2D eigenvalue weighted by molar-refractivity contribution is -0.115. The molecule has 0 bridgehead atoms. The smallest absolute Gasteiger partial charge is 0.229 e. The molecule has 0 fully saturated rings. The maximum absolute atomic E-state index is 13.2. The average molecular weight is 326 g/mol. The number of nitrogens with one attached hydrogen (secondary N) is 1. The summed E-state index contributed by atoms with van der Waals surface area (Å²) in [6, 6.07) is 12.8. The molecule has 0 saturated heterocycles. The van der Waals surface area contributed by atoms with E-state index in [0.29, 0.717) is 6.42 Å². The average Bonchev–Trinajstić information content (AvgIpc) is 2.95. The van der Waals surface area contributed by atoms with Gasteiger partial charge in [-0.05, 0) is 35.7 Å². The Kier molecular flexibility index (Phi) is 4.48. The van der Waals surface area contributed by atoms with E-state index in [4.69, 9.17) is 0 Å². The number of amides is 1. The van der Waals surface area contributed by atoms with Gasteiger partial charge in [-0.2, -0.15) is 4.39 Å². The Labute approximate surface area is 137 Å². The Morgan fingerprint density at radius 3 is 2.87 bits per heavy atom. The van der Waals surface area contributed by atoms with E-state index < -0.39 is 5.95 Å². The van der Waals surface area contributed by atoms with Crippen molar-refractivity contribution >= 4 is 22.2 Å². The number of carbonyl (C=O) groups excluding carboxylic acids is 1. The summed E-state index contributed by atoms with van der Waals surface area (Å²) >= 11 is 1.42. The number of carbonyl (C=O) groups is 1. The summed E-state index contributed by atoms with van der Waals surface area (Å²) in [5.41, 5.74) is 3.72. The maximum Gasteiger partial charge on any atom is 0.229 e. The SMILES string of the molecule is Cc1cccc(CC(=O)Nc2cc(-c3ccnc(F)c3)cs2)c1. The van der Waals surface area contributed by atoms with Crippen LogP contribution in [0.5, 0.6) is 0 Å². The van der Waals surface area contributed by atoms with Crippen LogP contribution >= 0.6 is 11.3 Å². The van der Waals surface area contributed by atoms with Crippen LogP contribution in [0.4, 0.5) is 9.39 Å². The van der Waals surface area contributed by atoms with Gasteiger partial charge in [0.1, 0.15) is 0 Å². The molecule has 5 heteroatoms. The van der Waals surface area contributed by atoms with Gasteiger partial charge in [-0.3, -0.25) is 4.79 Å². The highest BCUT2D eigenvalue weighted by atomic mass is 32.1. The lowest BCUT2D eigenvalue weighted by Gasteiger charge is -2.03. The van der Waals surface area contributed by atoms with Crippen molar-refractivity contribution in [3.63, 3.8) is 0 Å². The van der Waals surface area contributed by atoms with Gasteiger partial charge in [0.25, 0.3) is 0 Å². The van der Waals surface area contributed by atoms with Gasteiger partial charge in [0.05, 0.1) is 11.4 Å². The molecule has 0 atom stereocenters. The van der Waals surface area contributed by atoms with Crippen LogP contribution in [0.25, 0.3) is 11.1 Å². The molecule has 1 N–H and O–H groups in total. The van der Waals surface area contributed by atoms with Gasteiger partial charge in [-0.1, -0.05) is 29.8 Å². The van der Waals surface area contributed by atoms with E-state index in [9.17, 15) is 9.18 Å². The first-order valence-electron chi connectivity index (χ1n) is 7.16. The van der Waals surface area contributed by atoms with E-state index in [1.165, 1.54) is 23.6 Å². The molecule has 0 saturated carbocycles. The number of thiophene rings is 1. The van der Waals surface area contributed by atoms with Crippen LogP contribution in [-0.2, 0) is 11.2 Å². The van der Waals surface area contributed by atoms with E-state index in [0.717, 1.165) is 27.3 Å². The quantitative estimate of drug-likeness (QED) is 0.720. The Morgan fingerprint density at radius 1 is 1.22 bits per heavy atom. The minimum absolute atomic E-state index is 0.0649. The van der Waals surface area contributed by atoms with E-state index in [-0.39, 0.29) is 5.91 Å². The van der Waals surface area contributed by atoms with Gasteiger partial charge < -0.3 is 5.32 Å². The molecule has 116 valence electrons. The number of halogens is 1. The molecule has 1 amide bonds. The predicted octanol–water partition coefficient (Wildman–Crippen LogP) is 4.44. The van der Waals surface area contributed by atoms with Crippen LogP contribution in [-0.4, -0.2) is 10.9 Å². The molecular weight excluding hydrogens is 311 g/mol. The molecule has 0 spiro atoms. The summed E-state index contributed by atoms with van der Waals surface area (Å²) in [5, 5.41) is 5.52. The monoisotopic (exact) mass is 326 g/mol. The molecule has 0 aliphatic rings. The summed E-state index contributed by atoms with van der Waals surface area (Å²) in [6.45, 7) is 2.00. The van der Waals surface area contributed by atoms with Crippen LogP contribution in [0.15, 0.2) is 54.0 Å². The summed E-state index contributed by atoms with van der Waals surface area (Å²) in [6.07, 6.45) is 1.76. The molecule has 3 nitrogen and oxygen atoms in total. The summed E-state index contributed by atoms with van der Waals surface area (Å²) in [5.74, 6) is -0.580. The van der Waals surface area contributed by atoms with Gasteiger partial charge in [-0.25, -0.2) is 4.98 Å².